The quantitative estimate of drug-likeness (QED) is 0.499. The molecule has 0 aromatic carbocycles. The molecule has 0 aliphatic heterocycles. The highest BCUT2D eigenvalue weighted by Crippen LogP contribution is 2.08. The Morgan fingerprint density at radius 1 is 1.30 bits per heavy atom. The zero-order chi connectivity index (χ0) is 19.8. The third kappa shape index (κ3) is 6.07. The van der Waals surface area contributed by atoms with E-state index in [9.17, 15) is 19.2 Å². The van der Waals surface area contributed by atoms with Gasteiger partial charge < -0.3 is 19.9 Å². The van der Waals surface area contributed by atoms with Crippen molar-refractivity contribution in [1.82, 2.24) is 15.2 Å². The van der Waals surface area contributed by atoms with E-state index in [2.05, 4.69) is 10.3 Å². The highest BCUT2D eigenvalue weighted by atomic mass is 32.1. The molecular weight excluding hydrogens is 370 g/mol. The summed E-state index contributed by atoms with van der Waals surface area (Å²) in [4.78, 5) is 52.3. The number of hydrogen-bond donors (Lipinski definition) is 2. The Labute approximate surface area is 160 Å². The average Bonchev–Trinajstić information content (AvgIpc) is 3.33. The number of nitrogens with one attached hydrogen (secondary N) is 2. The summed E-state index contributed by atoms with van der Waals surface area (Å²) in [5.41, 5.74) is 0.440. The maximum atomic E-state index is 12.2. The number of likely N-dealkylation sites (N-methyl/N-ethyl adjacent to an activating group) is 1. The standard InChI is InChI=1S/C18H21N3O5S/c1-3-21(10-16(23)20-9-14-5-4-6-27-14)17(24)11-26-18(25)15-7-13(8-19-15)12(2)22/h4-8,19H,3,9-11H2,1-2H3,(H,20,23). The number of ether oxygens (including phenoxy) is 1. The molecule has 2 aromatic rings. The molecule has 0 aliphatic carbocycles. The summed E-state index contributed by atoms with van der Waals surface area (Å²) in [5.74, 6) is -1.70. The molecule has 0 bridgehead atoms. The van der Waals surface area contributed by atoms with E-state index in [0.29, 0.717) is 18.7 Å². The summed E-state index contributed by atoms with van der Waals surface area (Å²) in [6, 6.07) is 5.17. The first kappa shape index (κ1) is 20.4. The van der Waals surface area contributed by atoms with Crippen LogP contribution < -0.4 is 5.32 Å². The van der Waals surface area contributed by atoms with Crippen LogP contribution in [0.4, 0.5) is 0 Å². The number of ketones is 1. The van der Waals surface area contributed by atoms with Gasteiger partial charge in [0.1, 0.15) is 5.69 Å². The summed E-state index contributed by atoms with van der Waals surface area (Å²) in [6.45, 7) is 3.22. The highest BCUT2D eigenvalue weighted by Gasteiger charge is 2.19. The van der Waals surface area contributed by atoms with Gasteiger partial charge >= 0.3 is 5.97 Å². The van der Waals surface area contributed by atoms with Crippen molar-refractivity contribution in [2.24, 2.45) is 0 Å². The lowest BCUT2D eigenvalue weighted by atomic mass is 10.2. The number of aromatic amines is 1. The lowest BCUT2D eigenvalue weighted by Gasteiger charge is -2.20. The molecular formula is C18H21N3O5S. The Hall–Kier alpha value is -2.94. The third-order valence-electron chi connectivity index (χ3n) is 3.74. The first-order valence-electron chi connectivity index (χ1n) is 8.34. The van der Waals surface area contributed by atoms with E-state index in [1.54, 1.807) is 6.92 Å². The monoisotopic (exact) mass is 391 g/mol. The first-order valence-corrected chi connectivity index (χ1v) is 9.22. The molecule has 2 amide bonds. The predicted molar refractivity (Wildman–Crippen MR) is 99.5 cm³/mol. The van der Waals surface area contributed by atoms with Crippen LogP contribution in [0, 0.1) is 0 Å². The van der Waals surface area contributed by atoms with Crippen LogP contribution in [-0.4, -0.2) is 53.1 Å². The van der Waals surface area contributed by atoms with Crippen molar-refractivity contribution in [3.05, 3.63) is 45.9 Å². The van der Waals surface area contributed by atoms with Crippen LogP contribution in [0.3, 0.4) is 0 Å². The van der Waals surface area contributed by atoms with E-state index in [1.165, 1.54) is 35.4 Å². The minimum Gasteiger partial charge on any atom is -0.451 e. The maximum absolute atomic E-state index is 12.2. The van der Waals surface area contributed by atoms with Gasteiger partial charge in [-0.25, -0.2) is 4.79 Å². The number of amides is 2. The SMILES string of the molecule is CCN(CC(=O)NCc1cccs1)C(=O)COC(=O)c1cc(C(C)=O)c[nH]1. The zero-order valence-corrected chi connectivity index (χ0v) is 15.9. The van der Waals surface area contributed by atoms with Gasteiger partial charge in [0.2, 0.25) is 5.91 Å². The Kier molecular flexibility index (Phi) is 7.30. The molecule has 0 unspecified atom stereocenters. The normalized spacial score (nSPS) is 10.3. The molecule has 0 atom stereocenters. The molecule has 2 N–H and O–H groups in total. The van der Waals surface area contributed by atoms with Crippen molar-refractivity contribution in [1.29, 1.82) is 0 Å². The van der Waals surface area contributed by atoms with Crippen molar-refractivity contribution < 1.29 is 23.9 Å². The molecule has 2 heterocycles. The fourth-order valence-electron chi connectivity index (χ4n) is 2.22. The molecule has 0 saturated carbocycles. The number of carbonyl (C=O) groups is 4. The molecule has 2 aromatic heterocycles. The summed E-state index contributed by atoms with van der Waals surface area (Å²) < 4.78 is 4.96. The molecule has 9 heteroatoms. The second-order valence-corrected chi connectivity index (χ2v) is 6.73. The van der Waals surface area contributed by atoms with Gasteiger partial charge in [-0.1, -0.05) is 6.07 Å². The van der Waals surface area contributed by atoms with Crippen LogP contribution in [0.1, 0.15) is 39.6 Å². The topological polar surface area (TPSA) is 109 Å². The van der Waals surface area contributed by atoms with Crippen LogP contribution in [0.15, 0.2) is 29.8 Å². The van der Waals surface area contributed by atoms with E-state index in [1.807, 2.05) is 17.5 Å². The van der Waals surface area contributed by atoms with Crippen molar-refractivity contribution in [2.45, 2.75) is 20.4 Å². The summed E-state index contributed by atoms with van der Waals surface area (Å²) in [5, 5.41) is 4.66. The molecule has 8 nitrogen and oxygen atoms in total. The van der Waals surface area contributed by atoms with Crippen molar-refractivity contribution in [3.8, 4) is 0 Å². The number of aromatic nitrogens is 1. The molecule has 0 spiro atoms. The number of Topliss-reactive ketones (excluding diaryl/α,β-unsaturated/α-hetero) is 1. The van der Waals surface area contributed by atoms with Crippen molar-refractivity contribution in [3.63, 3.8) is 0 Å². The number of hydrogen-bond acceptors (Lipinski definition) is 6. The van der Waals surface area contributed by atoms with Gasteiger partial charge in [-0.2, -0.15) is 0 Å². The molecule has 27 heavy (non-hydrogen) atoms. The minimum atomic E-state index is -0.742. The Morgan fingerprint density at radius 2 is 2.07 bits per heavy atom. The zero-order valence-electron chi connectivity index (χ0n) is 15.1. The van der Waals surface area contributed by atoms with Crippen LogP contribution in [0.25, 0.3) is 0 Å². The number of H-pyrrole nitrogens is 1. The number of thiophene rings is 1. The Morgan fingerprint density at radius 3 is 2.67 bits per heavy atom. The average molecular weight is 391 g/mol. The molecule has 0 saturated heterocycles. The third-order valence-corrected chi connectivity index (χ3v) is 4.62. The second-order valence-electron chi connectivity index (χ2n) is 5.70. The summed E-state index contributed by atoms with van der Waals surface area (Å²) >= 11 is 1.53. The van der Waals surface area contributed by atoms with E-state index in [4.69, 9.17) is 4.74 Å². The van der Waals surface area contributed by atoms with Crippen LogP contribution >= 0.6 is 11.3 Å². The van der Waals surface area contributed by atoms with E-state index >= 15 is 0 Å². The predicted octanol–water partition coefficient (Wildman–Crippen LogP) is 1.60. The number of carbonyl (C=O) groups excluding carboxylic acids is 4. The van der Waals surface area contributed by atoms with Gasteiger partial charge in [0, 0.05) is 23.2 Å². The van der Waals surface area contributed by atoms with E-state index in [-0.39, 0.29) is 23.9 Å². The molecule has 0 fully saturated rings. The fraction of sp³-hybridized carbons (Fsp3) is 0.333. The largest absolute Gasteiger partial charge is 0.451 e. The molecule has 144 valence electrons. The van der Waals surface area contributed by atoms with Gasteiger partial charge in [-0.15, -0.1) is 11.3 Å². The lowest BCUT2D eigenvalue weighted by molar-refractivity contribution is -0.138. The van der Waals surface area contributed by atoms with Gasteiger partial charge in [0.05, 0.1) is 13.1 Å². The Balaban J connectivity index is 1.80. The number of esters is 1. The minimum absolute atomic E-state index is 0.0877. The maximum Gasteiger partial charge on any atom is 0.355 e. The molecule has 0 aliphatic rings. The van der Waals surface area contributed by atoms with E-state index in [0.717, 1.165) is 4.88 Å². The summed E-state index contributed by atoms with van der Waals surface area (Å²) in [6.07, 6.45) is 1.40. The molecule has 0 radical (unpaired) electrons. The number of nitrogens with zero attached hydrogens (tertiary/aromatic N) is 1. The smallest absolute Gasteiger partial charge is 0.355 e. The second kappa shape index (κ2) is 9.67. The van der Waals surface area contributed by atoms with Crippen molar-refractivity contribution >= 4 is 34.9 Å². The number of rotatable bonds is 9. The van der Waals surface area contributed by atoms with Gasteiger partial charge in [-0.3, -0.25) is 14.4 Å². The van der Waals surface area contributed by atoms with Gasteiger partial charge in [0.15, 0.2) is 12.4 Å². The van der Waals surface area contributed by atoms with Gasteiger partial charge in [0.25, 0.3) is 5.91 Å². The lowest BCUT2D eigenvalue weighted by Crippen LogP contribution is -2.42. The molecule has 2 rings (SSSR count). The van der Waals surface area contributed by atoms with Crippen LogP contribution in [-0.2, 0) is 20.9 Å². The van der Waals surface area contributed by atoms with Crippen molar-refractivity contribution in [2.75, 3.05) is 19.7 Å². The Bertz CT molecular complexity index is 813. The fourth-order valence-corrected chi connectivity index (χ4v) is 2.86. The first-order chi connectivity index (χ1) is 12.9. The van der Waals surface area contributed by atoms with Crippen LogP contribution in [0.2, 0.25) is 0 Å². The van der Waals surface area contributed by atoms with Crippen LogP contribution in [0.5, 0.6) is 0 Å². The van der Waals surface area contributed by atoms with E-state index < -0.39 is 18.5 Å². The highest BCUT2D eigenvalue weighted by molar-refractivity contribution is 7.09. The van der Waals surface area contributed by atoms with Gasteiger partial charge in [-0.05, 0) is 31.4 Å². The summed E-state index contributed by atoms with van der Waals surface area (Å²) in [7, 11) is 0.